The predicted octanol–water partition coefficient (Wildman–Crippen LogP) is 1.36. The van der Waals surface area contributed by atoms with Crippen molar-refractivity contribution in [1.29, 1.82) is 0 Å². The first-order valence-corrected chi connectivity index (χ1v) is 4.70. The Morgan fingerprint density at radius 3 is 3.14 bits per heavy atom. The molecule has 0 bridgehead atoms. The first kappa shape index (κ1) is 9.15. The molecule has 0 amide bonds. The summed E-state index contributed by atoms with van der Waals surface area (Å²) in [5.74, 6) is 1.11. The SMILES string of the molecule is CC(CN)Cc1nc2ncccc2o1. The number of nitrogens with zero attached hydrogens (tertiary/aromatic N) is 2. The molecule has 0 radical (unpaired) electrons. The first-order valence-electron chi connectivity index (χ1n) is 4.70. The van der Waals surface area contributed by atoms with E-state index in [4.69, 9.17) is 10.2 Å². The lowest BCUT2D eigenvalue weighted by Gasteiger charge is -2.02. The lowest BCUT2D eigenvalue weighted by Crippen LogP contribution is -2.13. The Kier molecular flexibility index (Phi) is 2.45. The molecule has 14 heavy (non-hydrogen) atoms. The Bertz CT molecular complexity index is 391. The Balaban J connectivity index is 2.27. The van der Waals surface area contributed by atoms with Gasteiger partial charge in [-0.1, -0.05) is 6.92 Å². The summed E-state index contributed by atoms with van der Waals surface area (Å²) in [4.78, 5) is 8.37. The lowest BCUT2D eigenvalue weighted by molar-refractivity contribution is 0.468. The highest BCUT2D eigenvalue weighted by atomic mass is 16.3. The molecule has 2 aromatic rings. The van der Waals surface area contributed by atoms with Crippen LogP contribution in [0.15, 0.2) is 22.7 Å². The van der Waals surface area contributed by atoms with E-state index in [-0.39, 0.29) is 0 Å². The standard InChI is InChI=1S/C10H13N3O/c1-7(6-11)5-9-13-10-8(14-9)3-2-4-12-10/h2-4,7H,5-6,11H2,1H3. The Labute approximate surface area is 82.1 Å². The molecule has 2 rings (SSSR count). The van der Waals surface area contributed by atoms with E-state index in [1.807, 2.05) is 12.1 Å². The van der Waals surface area contributed by atoms with Crippen LogP contribution in [0.1, 0.15) is 12.8 Å². The lowest BCUT2D eigenvalue weighted by atomic mass is 10.1. The highest BCUT2D eigenvalue weighted by Crippen LogP contribution is 2.14. The fourth-order valence-corrected chi connectivity index (χ4v) is 1.28. The maximum Gasteiger partial charge on any atom is 0.198 e. The van der Waals surface area contributed by atoms with E-state index in [1.165, 1.54) is 0 Å². The molecule has 0 spiro atoms. The van der Waals surface area contributed by atoms with E-state index < -0.39 is 0 Å². The van der Waals surface area contributed by atoms with Gasteiger partial charge in [-0.15, -0.1) is 0 Å². The summed E-state index contributed by atoms with van der Waals surface area (Å²) in [5, 5.41) is 0. The highest BCUT2D eigenvalue weighted by molar-refractivity contribution is 5.66. The average Bonchev–Trinajstić information content (AvgIpc) is 2.59. The molecule has 1 unspecified atom stereocenters. The van der Waals surface area contributed by atoms with Crippen molar-refractivity contribution in [2.24, 2.45) is 11.7 Å². The van der Waals surface area contributed by atoms with E-state index >= 15 is 0 Å². The molecule has 1 atom stereocenters. The molecule has 0 aliphatic heterocycles. The van der Waals surface area contributed by atoms with Crippen molar-refractivity contribution in [3.05, 3.63) is 24.2 Å². The summed E-state index contributed by atoms with van der Waals surface area (Å²) < 4.78 is 5.51. The third kappa shape index (κ3) is 1.75. The maximum absolute atomic E-state index is 5.53. The van der Waals surface area contributed by atoms with E-state index in [9.17, 15) is 0 Å². The number of hydrogen-bond donors (Lipinski definition) is 1. The molecule has 0 aromatic carbocycles. The van der Waals surface area contributed by atoms with Crippen LogP contribution >= 0.6 is 0 Å². The van der Waals surface area contributed by atoms with E-state index in [1.54, 1.807) is 6.20 Å². The molecule has 0 aliphatic carbocycles. The zero-order chi connectivity index (χ0) is 9.97. The van der Waals surface area contributed by atoms with Gasteiger partial charge in [-0.05, 0) is 24.6 Å². The molecule has 0 saturated heterocycles. The number of aromatic nitrogens is 2. The van der Waals surface area contributed by atoms with Gasteiger partial charge >= 0.3 is 0 Å². The van der Waals surface area contributed by atoms with Crippen molar-refractivity contribution in [3.63, 3.8) is 0 Å². The molecule has 2 N–H and O–H groups in total. The summed E-state index contributed by atoms with van der Waals surface area (Å²) in [6.45, 7) is 2.72. The van der Waals surface area contributed by atoms with Gasteiger partial charge in [-0.2, -0.15) is 4.98 Å². The van der Waals surface area contributed by atoms with Crippen molar-refractivity contribution in [2.45, 2.75) is 13.3 Å². The van der Waals surface area contributed by atoms with Crippen molar-refractivity contribution < 1.29 is 4.42 Å². The van der Waals surface area contributed by atoms with Gasteiger partial charge in [-0.25, -0.2) is 4.98 Å². The van der Waals surface area contributed by atoms with Gasteiger partial charge in [0, 0.05) is 12.6 Å². The largest absolute Gasteiger partial charge is 0.439 e. The molecular formula is C10H13N3O. The quantitative estimate of drug-likeness (QED) is 0.795. The number of oxazole rings is 1. The third-order valence-electron chi connectivity index (χ3n) is 2.13. The number of fused-ring (bicyclic) bond motifs is 1. The molecule has 0 aliphatic rings. The fourth-order valence-electron chi connectivity index (χ4n) is 1.28. The van der Waals surface area contributed by atoms with Crippen LogP contribution in [0, 0.1) is 5.92 Å². The summed E-state index contributed by atoms with van der Waals surface area (Å²) in [7, 11) is 0. The van der Waals surface area contributed by atoms with E-state index in [2.05, 4.69) is 16.9 Å². The summed E-state index contributed by atoms with van der Waals surface area (Å²) >= 11 is 0. The summed E-state index contributed by atoms with van der Waals surface area (Å²) in [5.41, 5.74) is 6.94. The van der Waals surface area contributed by atoms with Gasteiger partial charge in [0.2, 0.25) is 0 Å². The van der Waals surface area contributed by atoms with Gasteiger partial charge in [0.1, 0.15) is 0 Å². The normalized spacial score (nSPS) is 13.3. The van der Waals surface area contributed by atoms with Crippen molar-refractivity contribution in [3.8, 4) is 0 Å². The second-order valence-electron chi connectivity index (χ2n) is 3.48. The molecule has 0 saturated carbocycles. The van der Waals surface area contributed by atoms with Crippen LogP contribution < -0.4 is 5.73 Å². The van der Waals surface area contributed by atoms with Crippen molar-refractivity contribution >= 4 is 11.2 Å². The predicted molar refractivity (Wildman–Crippen MR) is 53.7 cm³/mol. The third-order valence-corrected chi connectivity index (χ3v) is 2.13. The molecule has 74 valence electrons. The first-order chi connectivity index (χ1) is 6.79. The summed E-state index contributed by atoms with van der Waals surface area (Å²) in [6, 6.07) is 3.70. The Morgan fingerprint density at radius 1 is 1.57 bits per heavy atom. The van der Waals surface area contributed by atoms with E-state index in [0.29, 0.717) is 18.1 Å². The fraction of sp³-hybridized carbons (Fsp3) is 0.400. The number of pyridine rings is 1. The molecule has 2 heterocycles. The van der Waals surface area contributed by atoms with Crippen LogP contribution in [0.25, 0.3) is 11.2 Å². The smallest absolute Gasteiger partial charge is 0.198 e. The molecule has 4 nitrogen and oxygen atoms in total. The van der Waals surface area contributed by atoms with Crippen LogP contribution in [-0.4, -0.2) is 16.5 Å². The molecule has 2 aromatic heterocycles. The minimum absolute atomic E-state index is 0.392. The van der Waals surface area contributed by atoms with Crippen molar-refractivity contribution in [1.82, 2.24) is 9.97 Å². The topological polar surface area (TPSA) is 64.9 Å². The Morgan fingerprint density at radius 2 is 2.43 bits per heavy atom. The minimum Gasteiger partial charge on any atom is -0.439 e. The minimum atomic E-state index is 0.392. The second-order valence-corrected chi connectivity index (χ2v) is 3.48. The monoisotopic (exact) mass is 191 g/mol. The van der Waals surface area contributed by atoms with Crippen LogP contribution in [0.2, 0.25) is 0 Å². The van der Waals surface area contributed by atoms with Crippen LogP contribution in [0.5, 0.6) is 0 Å². The zero-order valence-electron chi connectivity index (χ0n) is 8.10. The van der Waals surface area contributed by atoms with Gasteiger partial charge in [0.05, 0.1) is 0 Å². The molecular weight excluding hydrogens is 178 g/mol. The van der Waals surface area contributed by atoms with Gasteiger partial charge in [-0.3, -0.25) is 0 Å². The highest BCUT2D eigenvalue weighted by Gasteiger charge is 2.08. The van der Waals surface area contributed by atoms with Gasteiger partial charge < -0.3 is 10.2 Å². The van der Waals surface area contributed by atoms with Gasteiger partial charge in [0.25, 0.3) is 0 Å². The van der Waals surface area contributed by atoms with Crippen LogP contribution in [0.3, 0.4) is 0 Å². The average molecular weight is 191 g/mol. The molecule has 4 heteroatoms. The van der Waals surface area contributed by atoms with Crippen LogP contribution in [0.4, 0.5) is 0 Å². The maximum atomic E-state index is 5.53. The van der Waals surface area contributed by atoms with E-state index in [0.717, 1.165) is 17.9 Å². The van der Waals surface area contributed by atoms with Gasteiger partial charge in [0.15, 0.2) is 17.1 Å². The van der Waals surface area contributed by atoms with Crippen LogP contribution in [-0.2, 0) is 6.42 Å². The number of rotatable bonds is 3. The number of hydrogen-bond acceptors (Lipinski definition) is 4. The second kappa shape index (κ2) is 3.75. The number of nitrogens with two attached hydrogens (primary N) is 1. The summed E-state index contributed by atoms with van der Waals surface area (Å²) in [6.07, 6.45) is 2.48. The molecule has 0 fully saturated rings. The van der Waals surface area contributed by atoms with Crippen molar-refractivity contribution in [2.75, 3.05) is 6.54 Å². The Hall–Kier alpha value is -1.42. The zero-order valence-corrected chi connectivity index (χ0v) is 8.10.